The van der Waals surface area contributed by atoms with E-state index in [1.165, 1.54) is 38.9 Å². The average molecular weight is 184 g/mol. The quantitative estimate of drug-likeness (QED) is 0.717. The number of hydrogen-bond acceptors (Lipinski definition) is 2. The van der Waals surface area contributed by atoms with Gasteiger partial charge in [0.25, 0.3) is 0 Å². The monoisotopic (exact) mass is 184 g/mol. The van der Waals surface area contributed by atoms with Gasteiger partial charge in [-0.1, -0.05) is 20.8 Å². The van der Waals surface area contributed by atoms with E-state index in [0.29, 0.717) is 6.04 Å². The van der Waals surface area contributed by atoms with Crippen LogP contribution in [-0.4, -0.2) is 36.6 Å². The van der Waals surface area contributed by atoms with Crippen LogP contribution in [0.3, 0.4) is 0 Å². The number of hydrogen-bond donors (Lipinski definition) is 1. The van der Waals surface area contributed by atoms with E-state index >= 15 is 0 Å². The molecule has 0 amide bonds. The molecular weight excluding hydrogens is 160 g/mol. The molecule has 1 aliphatic rings. The first kappa shape index (κ1) is 11.0. The van der Waals surface area contributed by atoms with Gasteiger partial charge in [-0.3, -0.25) is 0 Å². The first-order chi connectivity index (χ1) is 6.22. The van der Waals surface area contributed by atoms with Gasteiger partial charge in [0.2, 0.25) is 0 Å². The first-order valence-electron chi connectivity index (χ1n) is 5.70. The van der Waals surface area contributed by atoms with Crippen LogP contribution in [0.25, 0.3) is 0 Å². The van der Waals surface area contributed by atoms with Crippen LogP contribution in [0.15, 0.2) is 0 Å². The van der Waals surface area contributed by atoms with E-state index < -0.39 is 0 Å². The van der Waals surface area contributed by atoms with Crippen molar-refractivity contribution in [3.05, 3.63) is 0 Å². The summed E-state index contributed by atoms with van der Waals surface area (Å²) in [6, 6.07) is 1.41. The van der Waals surface area contributed by atoms with E-state index in [0.717, 1.165) is 6.04 Å². The van der Waals surface area contributed by atoms with Gasteiger partial charge in [-0.05, 0) is 38.9 Å². The van der Waals surface area contributed by atoms with Gasteiger partial charge < -0.3 is 10.2 Å². The van der Waals surface area contributed by atoms with Crippen molar-refractivity contribution in [1.29, 1.82) is 0 Å². The average Bonchev–Trinajstić information content (AvgIpc) is 2.08. The van der Waals surface area contributed by atoms with Gasteiger partial charge in [0.15, 0.2) is 0 Å². The second-order valence-corrected chi connectivity index (χ2v) is 4.44. The van der Waals surface area contributed by atoms with E-state index in [4.69, 9.17) is 0 Å². The molecule has 0 radical (unpaired) electrons. The maximum absolute atomic E-state index is 3.62. The third-order valence-corrected chi connectivity index (χ3v) is 2.70. The molecule has 1 saturated heterocycles. The van der Waals surface area contributed by atoms with E-state index in [1.54, 1.807) is 0 Å². The highest BCUT2D eigenvalue weighted by molar-refractivity contribution is 4.77. The van der Waals surface area contributed by atoms with Crippen LogP contribution in [0.1, 0.15) is 40.0 Å². The normalized spacial score (nSPS) is 21.2. The lowest BCUT2D eigenvalue weighted by Gasteiger charge is -2.33. The van der Waals surface area contributed by atoms with Crippen LogP contribution < -0.4 is 5.32 Å². The highest BCUT2D eigenvalue weighted by atomic mass is 15.1. The zero-order chi connectivity index (χ0) is 9.68. The van der Waals surface area contributed by atoms with E-state index in [1.807, 2.05) is 0 Å². The summed E-state index contributed by atoms with van der Waals surface area (Å²) in [5, 5.41) is 3.62. The molecule has 1 heterocycles. The lowest BCUT2D eigenvalue weighted by molar-refractivity contribution is 0.194. The Morgan fingerprint density at radius 2 is 1.92 bits per heavy atom. The summed E-state index contributed by atoms with van der Waals surface area (Å²) in [7, 11) is 0. The van der Waals surface area contributed by atoms with Crippen molar-refractivity contribution in [1.82, 2.24) is 10.2 Å². The minimum absolute atomic E-state index is 0.641. The summed E-state index contributed by atoms with van der Waals surface area (Å²) in [6.45, 7) is 10.6. The number of rotatable bonds is 4. The molecule has 0 saturated carbocycles. The van der Waals surface area contributed by atoms with Crippen LogP contribution in [-0.2, 0) is 0 Å². The van der Waals surface area contributed by atoms with Crippen molar-refractivity contribution in [3.63, 3.8) is 0 Å². The lowest BCUT2D eigenvalue weighted by atomic mass is 10.0. The molecule has 0 aromatic heterocycles. The summed E-state index contributed by atoms with van der Waals surface area (Å²) < 4.78 is 0. The summed E-state index contributed by atoms with van der Waals surface area (Å²) in [4.78, 5) is 2.58. The van der Waals surface area contributed by atoms with E-state index in [-0.39, 0.29) is 0 Å². The molecule has 1 aliphatic heterocycles. The fraction of sp³-hybridized carbons (Fsp3) is 1.00. The van der Waals surface area contributed by atoms with Gasteiger partial charge in [-0.15, -0.1) is 0 Å². The van der Waals surface area contributed by atoms with Crippen molar-refractivity contribution in [3.8, 4) is 0 Å². The van der Waals surface area contributed by atoms with Gasteiger partial charge in [0.1, 0.15) is 0 Å². The first-order valence-corrected chi connectivity index (χ1v) is 5.70. The molecule has 1 fully saturated rings. The topological polar surface area (TPSA) is 15.3 Å². The van der Waals surface area contributed by atoms with E-state index in [2.05, 4.69) is 31.0 Å². The van der Waals surface area contributed by atoms with Crippen molar-refractivity contribution < 1.29 is 0 Å². The van der Waals surface area contributed by atoms with Crippen LogP contribution in [0.5, 0.6) is 0 Å². The zero-order valence-electron chi connectivity index (χ0n) is 9.34. The summed E-state index contributed by atoms with van der Waals surface area (Å²) >= 11 is 0. The fourth-order valence-electron chi connectivity index (χ4n) is 2.11. The Labute approximate surface area is 82.7 Å². The third-order valence-electron chi connectivity index (χ3n) is 2.70. The summed E-state index contributed by atoms with van der Waals surface area (Å²) in [5.74, 6) is 0. The molecule has 0 aliphatic carbocycles. The Bertz CT molecular complexity index is 126. The number of nitrogens with one attached hydrogen (secondary N) is 1. The van der Waals surface area contributed by atoms with Crippen molar-refractivity contribution in [2.45, 2.75) is 52.1 Å². The predicted molar refractivity (Wildman–Crippen MR) is 58.0 cm³/mol. The highest BCUT2D eigenvalue weighted by Crippen LogP contribution is 2.10. The molecule has 0 bridgehead atoms. The number of nitrogens with zero attached hydrogens (tertiary/aromatic N) is 1. The maximum Gasteiger partial charge on any atom is 0.00937 e. The largest absolute Gasteiger partial charge is 0.312 e. The van der Waals surface area contributed by atoms with Crippen molar-refractivity contribution in [2.24, 2.45) is 0 Å². The number of likely N-dealkylation sites (tertiary alicyclic amines) is 1. The molecule has 0 aromatic carbocycles. The SMILES string of the molecule is CCCN1CCC(NC(C)C)CC1. The molecule has 13 heavy (non-hydrogen) atoms. The summed E-state index contributed by atoms with van der Waals surface area (Å²) in [5.41, 5.74) is 0. The minimum Gasteiger partial charge on any atom is -0.312 e. The van der Waals surface area contributed by atoms with Crippen LogP contribution in [0, 0.1) is 0 Å². The van der Waals surface area contributed by atoms with Gasteiger partial charge in [-0.2, -0.15) is 0 Å². The molecule has 78 valence electrons. The molecule has 1 N–H and O–H groups in total. The molecule has 2 heteroatoms. The van der Waals surface area contributed by atoms with Crippen LogP contribution >= 0.6 is 0 Å². The van der Waals surface area contributed by atoms with Gasteiger partial charge in [0, 0.05) is 12.1 Å². The zero-order valence-corrected chi connectivity index (χ0v) is 9.34. The third kappa shape index (κ3) is 4.10. The van der Waals surface area contributed by atoms with Crippen molar-refractivity contribution >= 4 is 0 Å². The van der Waals surface area contributed by atoms with Gasteiger partial charge in [0.05, 0.1) is 0 Å². The molecule has 1 rings (SSSR count). The second-order valence-electron chi connectivity index (χ2n) is 4.44. The van der Waals surface area contributed by atoms with E-state index in [9.17, 15) is 0 Å². The highest BCUT2D eigenvalue weighted by Gasteiger charge is 2.18. The summed E-state index contributed by atoms with van der Waals surface area (Å²) in [6.07, 6.45) is 3.96. The van der Waals surface area contributed by atoms with Crippen molar-refractivity contribution in [2.75, 3.05) is 19.6 Å². The Morgan fingerprint density at radius 3 is 2.38 bits per heavy atom. The van der Waals surface area contributed by atoms with Crippen LogP contribution in [0.4, 0.5) is 0 Å². The molecule has 0 aromatic rings. The second kappa shape index (κ2) is 5.61. The molecule has 2 nitrogen and oxygen atoms in total. The minimum atomic E-state index is 0.641. The van der Waals surface area contributed by atoms with Gasteiger partial charge in [-0.25, -0.2) is 0 Å². The Hall–Kier alpha value is -0.0800. The Balaban J connectivity index is 2.15. The molecule has 0 spiro atoms. The number of piperidine rings is 1. The Kier molecular flexibility index (Phi) is 4.74. The molecular formula is C11H24N2. The lowest BCUT2D eigenvalue weighted by Crippen LogP contribution is -2.44. The smallest absolute Gasteiger partial charge is 0.00937 e. The van der Waals surface area contributed by atoms with Gasteiger partial charge >= 0.3 is 0 Å². The van der Waals surface area contributed by atoms with Crippen LogP contribution in [0.2, 0.25) is 0 Å². The maximum atomic E-state index is 3.62. The predicted octanol–water partition coefficient (Wildman–Crippen LogP) is 1.86. The standard InChI is InChI=1S/C11H24N2/c1-4-7-13-8-5-11(6-9-13)12-10(2)3/h10-12H,4-9H2,1-3H3. The molecule has 0 atom stereocenters. The molecule has 0 unspecified atom stereocenters. The Morgan fingerprint density at radius 1 is 1.31 bits per heavy atom. The fourth-order valence-corrected chi connectivity index (χ4v) is 2.11.